The number of nitrogens with zero attached hydrogens (tertiary/aromatic N) is 4. The summed E-state index contributed by atoms with van der Waals surface area (Å²) < 4.78 is 0. The Balaban J connectivity index is 1.78. The summed E-state index contributed by atoms with van der Waals surface area (Å²) in [5.41, 5.74) is 4.87. The van der Waals surface area contributed by atoms with Gasteiger partial charge in [0.25, 0.3) is 0 Å². The Morgan fingerprint density at radius 3 is 0.650 bits per heavy atom. The molecule has 0 aromatic heterocycles. The van der Waals surface area contributed by atoms with E-state index in [4.69, 9.17) is 0 Å². The van der Waals surface area contributed by atoms with Gasteiger partial charge in [-0.25, -0.2) is 0 Å². The number of anilines is 4. The molecule has 40 heavy (non-hydrogen) atoms. The molecule has 0 saturated heterocycles. The molecule has 0 bridgehead atoms. The molecule has 0 atom stereocenters. The van der Waals surface area contributed by atoms with Gasteiger partial charge in [0, 0.05) is 79.1 Å². The molecule has 208 valence electrons. The van der Waals surface area contributed by atoms with Crippen LogP contribution in [0.2, 0.25) is 0 Å². The summed E-state index contributed by atoms with van der Waals surface area (Å²) in [4.78, 5) is 8.62. The number of hydrogen-bond donors (Lipinski definition) is 0. The third-order valence-electron chi connectivity index (χ3n) is 6.94. The average Bonchev–Trinajstić information content (AvgIpc) is 2.96. The normalized spacial score (nSPS) is 11.3. The van der Waals surface area contributed by atoms with Crippen molar-refractivity contribution < 1.29 is 0 Å². The zero-order valence-corrected chi connectivity index (χ0v) is 26.9. The van der Waals surface area contributed by atoms with Gasteiger partial charge in [-0.15, -0.1) is 0 Å². The summed E-state index contributed by atoms with van der Waals surface area (Å²) in [6, 6.07) is 36.2. The quantitative estimate of drug-likeness (QED) is 0.218. The minimum absolute atomic E-state index is 0.678. The molecule has 6 heteroatoms. The minimum Gasteiger partial charge on any atom is -0.378 e. The Morgan fingerprint density at radius 1 is 0.325 bits per heavy atom. The topological polar surface area (TPSA) is 13.0 Å². The largest absolute Gasteiger partial charge is 0.378 e. The van der Waals surface area contributed by atoms with E-state index in [-0.39, 0.29) is 0 Å². The fourth-order valence-electron chi connectivity index (χ4n) is 4.42. The second-order valence-corrected chi connectivity index (χ2v) is 14.8. The van der Waals surface area contributed by atoms with E-state index in [2.05, 4.69) is 185 Å². The molecule has 0 aliphatic rings. The van der Waals surface area contributed by atoms with Crippen molar-refractivity contribution >= 4 is 59.8 Å². The highest BCUT2D eigenvalue weighted by atomic mass is 31.1. The molecule has 4 aromatic carbocycles. The summed E-state index contributed by atoms with van der Waals surface area (Å²) >= 11 is 0. The fourth-order valence-corrected chi connectivity index (χ4v) is 8.65. The summed E-state index contributed by atoms with van der Waals surface area (Å²) in [5.74, 6) is 4.96. The van der Waals surface area contributed by atoms with Gasteiger partial charge in [-0.3, -0.25) is 0 Å². The first kappa shape index (κ1) is 29.7. The maximum absolute atomic E-state index is 2.48. The van der Waals surface area contributed by atoms with Crippen molar-refractivity contribution in [2.45, 2.75) is 0 Å². The van der Waals surface area contributed by atoms with Gasteiger partial charge in [0.1, 0.15) is 0 Å². The first-order chi connectivity index (χ1) is 19.1. The zero-order chi connectivity index (χ0) is 28.8. The molecule has 0 radical (unpaired) electrons. The van der Waals surface area contributed by atoms with E-state index in [1.165, 1.54) is 44.0 Å². The standard InChI is InChI=1S/C34H42N4P2/c1-35(2)27-9-17-31(18-10-27)39(32-19-11-28(12-20-32)36(3)4)25-26-40(33-21-13-29(14-22-33)37(5)6)34-23-15-30(16-24-34)38(7)8/h9-26H,1-8H3/b26-25-. The smallest absolute Gasteiger partial charge is 0.0361 e. The second-order valence-electron chi connectivity index (χ2n) is 10.7. The van der Waals surface area contributed by atoms with Crippen LogP contribution in [0.3, 0.4) is 0 Å². The fraction of sp³-hybridized carbons (Fsp3) is 0.235. The molecule has 0 fully saturated rings. The van der Waals surface area contributed by atoms with E-state index in [0.29, 0.717) is 0 Å². The van der Waals surface area contributed by atoms with Crippen LogP contribution >= 0.6 is 15.8 Å². The zero-order valence-electron chi connectivity index (χ0n) is 25.1. The second kappa shape index (κ2) is 13.4. The first-order valence-electron chi connectivity index (χ1n) is 13.5. The molecule has 0 heterocycles. The van der Waals surface area contributed by atoms with E-state index in [9.17, 15) is 0 Å². The van der Waals surface area contributed by atoms with Crippen molar-refractivity contribution in [1.29, 1.82) is 0 Å². The van der Waals surface area contributed by atoms with Crippen molar-refractivity contribution in [1.82, 2.24) is 0 Å². The van der Waals surface area contributed by atoms with Gasteiger partial charge in [-0.2, -0.15) is 0 Å². The molecule has 4 rings (SSSR count). The molecular weight excluding hydrogens is 526 g/mol. The summed E-state index contributed by atoms with van der Waals surface area (Å²) in [6.45, 7) is 0. The van der Waals surface area contributed by atoms with Crippen LogP contribution in [0.5, 0.6) is 0 Å². The van der Waals surface area contributed by atoms with Gasteiger partial charge in [0.05, 0.1) is 0 Å². The van der Waals surface area contributed by atoms with Crippen molar-refractivity contribution in [3.8, 4) is 0 Å². The van der Waals surface area contributed by atoms with Gasteiger partial charge in [-0.05, 0) is 85.6 Å². The highest BCUT2D eigenvalue weighted by molar-refractivity contribution is 7.79. The van der Waals surface area contributed by atoms with Gasteiger partial charge < -0.3 is 19.6 Å². The monoisotopic (exact) mass is 568 g/mol. The molecule has 0 unspecified atom stereocenters. The van der Waals surface area contributed by atoms with Crippen LogP contribution in [0.25, 0.3) is 0 Å². The average molecular weight is 569 g/mol. The van der Waals surface area contributed by atoms with Crippen LogP contribution < -0.4 is 40.8 Å². The van der Waals surface area contributed by atoms with Crippen molar-refractivity contribution in [2.75, 3.05) is 76.0 Å². The Hall–Kier alpha value is -3.32. The summed E-state index contributed by atoms with van der Waals surface area (Å²) in [6.07, 6.45) is 0. The molecule has 0 spiro atoms. The molecule has 0 N–H and O–H groups in total. The van der Waals surface area contributed by atoms with E-state index in [1.807, 2.05) is 0 Å². The Kier molecular flexibility index (Phi) is 9.90. The molecular formula is C34H42N4P2. The van der Waals surface area contributed by atoms with E-state index in [0.717, 1.165) is 0 Å². The highest BCUT2D eigenvalue weighted by Crippen LogP contribution is 2.43. The van der Waals surface area contributed by atoms with Crippen LogP contribution in [0.4, 0.5) is 22.7 Å². The lowest BCUT2D eigenvalue weighted by atomic mass is 10.3. The highest BCUT2D eigenvalue weighted by Gasteiger charge is 2.16. The molecule has 4 aromatic rings. The predicted octanol–water partition coefficient (Wildman–Crippen LogP) is 5.99. The molecule has 0 aliphatic heterocycles. The molecule has 0 saturated carbocycles. The Labute approximate surface area is 244 Å². The van der Waals surface area contributed by atoms with Gasteiger partial charge >= 0.3 is 0 Å². The van der Waals surface area contributed by atoms with Gasteiger partial charge in [-0.1, -0.05) is 60.2 Å². The van der Waals surface area contributed by atoms with E-state index < -0.39 is 15.8 Å². The molecule has 0 amide bonds. The van der Waals surface area contributed by atoms with Crippen LogP contribution in [-0.2, 0) is 0 Å². The molecule has 0 aliphatic carbocycles. The summed E-state index contributed by atoms with van der Waals surface area (Å²) in [5, 5.41) is 5.43. The SMILES string of the molecule is CN(C)c1ccc(P(/C=C\P(c2ccc(N(C)C)cc2)c2ccc(N(C)C)cc2)c2ccc(N(C)C)cc2)cc1. The number of benzene rings is 4. The van der Waals surface area contributed by atoms with Crippen molar-refractivity contribution in [3.05, 3.63) is 109 Å². The van der Waals surface area contributed by atoms with Crippen LogP contribution in [0.15, 0.2) is 109 Å². The van der Waals surface area contributed by atoms with Crippen LogP contribution in [0.1, 0.15) is 0 Å². The third-order valence-corrected chi connectivity index (χ3v) is 11.5. The first-order valence-corrected chi connectivity index (χ1v) is 16.3. The lowest BCUT2D eigenvalue weighted by Gasteiger charge is -2.21. The molecule has 4 nitrogen and oxygen atoms in total. The number of rotatable bonds is 10. The lowest BCUT2D eigenvalue weighted by Crippen LogP contribution is -2.15. The maximum Gasteiger partial charge on any atom is 0.0361 e. The third kappa shape index (κ3) is 7.25. The van der Waals surface area contributed by atoms with Crippen LogP contribution in [0, 0.1) is 0 Å². The van der Waals surface area contributed by atoms with Gasteiger partial charge in [0.2, 0.25) is 0 Å². The summed E-state index contributed by atoms with van der Waals surface area (Å²) in [7, 11) is 15.4. The Morgan fingerprint density at radius 2 is 0.500 bits per heavy atom. The van der Waals surface area contributed by atoms with Gasteiger partial charge in [0.15, 0.2) is 0 Å². The van der Waals surface area contributed by atoms with E-state index >= 15 is 0 Å². The number of hydrogen-bond acceptors (Lipinski definition) is 4. The van der Waals surface area contributed by atoms with Crippen molar-refractivity contribution in [3.63, 3.8) is 0 Å². The van der Waals surface area contributed by atoms with Crippen LogP contribution in [-0.4, -0.2) is 56.4 Å². The minimum atomic E-state index is -0.678. The maximum atomic E-state index is 2.48. The lowest BCUT2D eigenvalue weighted by molar-refractivity contribution is 1.13. The van der Waals surface area contributed by atoms with Crippen molar-refractivity contribution in [2.24, 2.45) is 0 Å². The van der Waals surface area contributed by atoms with E-state index in [1.54, 1.807) is 0 Å². The predicted molar refractivity (Wildman–Crippen MR) is 185 cm³/mol. The Bertz CT molecular complexity index is 1160.